The maximum atomic E-state index is 11.8. The van der Waals surface area contributed by atoms with Crippen LogP contribution in [0, 0.1) is 17.0 Å². The van der Waals surface area contributed by atoms with Crippen molar-refractivity contribution >= 4 is 29.4 Å². The minimum Gasteiger partial charge on any atom is -0.456 e. The van der Waals surface area contributed by atoms with Crippen molar-refractivity contribution < 1.29 is 18.6 Å². The quantitative estimate of drug-likeness (QED) is 0.410. The lowest BCUT2D eigenvalue weighted by atomic mass is 10.1. The Morgan fingerprint density at radius 2 is 2.04 bits per heavy atom. The summed E-state index contributed by atoms with van der Waals surface area (Å²) in [5.74, 6) is 0.932. The summed E-state index contributed by atoms with van der Waals surface area (Å²) in [5.41, 5.74) is 2.59. The van der Waals surface area contributed by atoms with Gasteiger partial charge in [-0.05, 0) is 37.3 Å². The molecule has 0 aliphatic heterocycles. The SMILES string of the molecule is Cc1ccc(C(=O)N/N=C/c2ccc(-c3cc([N+](=O)[O-])ccc3Cl)o2)o1. The molecule has 3 rings (SSSR count). The van der Waals surface area contributed by atoms with Crippen LogP contribution >= 0.6 is 11.6 Å². The highest BCUT2D eigenvalue weighted by atomic mass is 35.5. The van der Waals surface area contributed by atoms with Gasteiger partial charge in [-0.25, -0.2) is 5.43 Å². The topological polar surface area (TPSA) is 111 Å². The molecule has 1 amide bonds. The van der Waals surface area contributed by atoms with Gasteiger partial charge in [0.15, 0.2) is 5.76 Å². The number of hydrazone groups is 1. The zero-order valence-electron chi connectivity index (χ0n) is 13.4. The van der Waals surface area contributed by atoms with E-state index in [1.807, 2.05) is 0 Å². The standard InChI is InChI=1S/C17H12ClN3O5/c1-10-2-6-16(25-10)17(22)20-19-9-12-4-7-15(26-12)13-8-11(21(23)24)3-5-14(13)18/h2-9H,1H3,(H,20,22)/b19-9+. The molecule has 8 nitrogen and oxygen atoms in total. The Balaban J connectivity index is 1.73. The number of nitrogens with one attached hydrogen (secondary N) is 1. The van der Waals surface area contributed by atoms with Crippen LogP contribution in [0.15, 0.2) is 56.4 Å². The molecular weight excluding hydrogens is 362 g/mol. The van der Waals surface area contributed by atoms with E-state index in [-0.39, 0.29) is 11.4 Å². The van der Waals surface area contributed by atoms with Gasteiger partial charge in [-0.3, -0.25) is 14.9 Å². The molecule has 0 saturated carbocycles. The maximum absolute atomic E-state index is 11.8. The number of non-ortho nitro benzene ring substituents is 1. The zero-order valence-corrected chi connectivity index (χ0v) is 14.2. The van der Waals surface area contributed by atoms with E-state index in [4.69, 9.17) is 20.4 Å². The monoisotopic (exact) mass is 373 g/mol. The second kappa shape index (κ2) is 7.24. The van der Waals surface area contributed by atoms with Crippen LogP contribution in [0.2, 0.25) is 5.02 Å². The first kappa shape index (κ1) is 17.4. The van der Waals surface area contributed by atoms with Gasteiger partial charge in [0.2, 0.25) is 0 Å². The first-order valence-electron chi connectivity index (χ1n) is 7.38. The number of aryl methyl sites for hydroxylation is 1. The fraction of sp³-hybridized carbons (Fsp3) is 0.0588. The lowest BCUT2D eigenvalue weighted by molar-refractivity contribution is -0.384. The van der Waals surface area contributed by atoms with E-state index in [1.54, 1.807) is 25.1 Å². The smallest absolute Gasteiger partial charge is 0.307 e. The van der Waals surface area contributed by atoms with Gasteiger partial charge in [-0.1, -0.05) is 11.6 Å². The van der Waals surface area contributed by atoms with Crippen LogP contribution in [0.5, 0.6) is 0 Å². The predicted molar refractivity (Wildman–Crippen MR) is 94.3 cm³/mol. The van der Waals surface area contributed by atoms with Crippen molar-refractivity contribution in [2.24, 2.45) is 5.10 Å². The molecule has 3 aromatic rings. The molecule has 0 fully saturated rings. The number of carbonyl (C=O) groups is 1. The number of nitrogens with zero attached hydrogens (tertiary/aromatic N) is 2. The van der Waals surface area contributed by atoms with Crippen LogP contribution in [0.1, 0.15) is 22.1 Å². The van der Waals surface area contributed by atoms with Gasteiger partial charge in [-0.2, -0.15) is 5.10 Å². The van der Waals surface area contributed by atoms with Gasteiger partial charge in [0.1, 0.15) is 17.3 Å². The number of carbonyl (C=O) groups excluding carboxylic acids is 1. The summed E-state index contributed by atoms with van der Waals surface area (Å²) in [6.07, 6.45) is 1.29. The van der Waals surface area contributed by atoms with E-state index in [2.05, 4.69) is 10.5 Å². The molecular formula is C17H12ClN3O5. The van der Waals surface area contributed by atoms with Crippen LogP contribution in [0.25, 0.3) is 11.3 Å². The Bertz CT molecular complexity index is 1010. The van der Waals surface area contributed by atoms with Crippen molar-refractivity contribution in [1.29, 1.82) is 0 Å². The average molecular weight is 374 g/mol. The van der Waals surface area contributed by atoms with Gasteiger partial charge >= 0.3 is 5.91 Å². The number of hydrogen-bond donors (Lipinski definition) is 1. The van der Waals surface area contributed by atoms with Gasteiger partial charge in [0.25, 0.3) is 5.69 Å². The molecule has 0 bridgehead atoms. The lowest BCUT2D eigenvalue weighted by Crippen LogP contribution is -2.16. The Labute approximate surface area is 152 Å². The van der Waals surface area contributed by atoms with Gasteiger partial charge < -0.3 is 8.83 Å². The van der Waals surface area contributed by atoms with Crippen molar-refractivity contribution in [3.05, 3.63) is 74.9 Å². The number of nitro groups is 1. The number of hydrogen-bond acceptors (Lipinski definition) is 6. The molecule has 9 heteroatoms. The minimum absolute atomic E-state index is 0.1000. The molecule has 0 saturated heterocycles. The number of rotatable bonds is 5. The summed E-state index contributed by atoms with van der Waals surface area (Å²) in [7, 11) is 0. The third-order valence-corrected chi connectivity index (χ3v) is 3.70. The number of nitro benzene ring substituents is 1. The Morgan fingerprint density at radius 3 is 2.73 bits per heavy atom. The molecule has 0 aliphatic rings. The molecule has 0 aliphatic carbocycles. The minimum atomic E-state index is -0.517. The number of amides is 1. The highest BCUT2D eigenvalue weighted by molar-refractivity contribution is 6.33. The first-order valence-corrected chi connectivity index (χ1v) is 7.76. The van der Waals surface area contributed by atoms with E-state index in [0.29, 0.717) is 27.9 Å². The van der Waals surface area contributed by atoms with Gasteiger partial charge in [0.05, 0.1) is 16.2 Å². The molecule has 132 valence electrons. The van der Waals surface area contributed by atoms with Crippen LogP contribution in [0.4, 0.5) is 5.69 Å². The van der Waals surface area contributed by atoms with E-state index >= 15 is 0 Å². The Morgan fingerprint density at radius 1 is 1.23 bits per heavy atom. The number of halogens is 1. The normalized spacial score (nSPS) is 11.0. The lowest BCUT2D eigenvalue weighted by Gasteiger charge is -2.00. The fourth-order valence-corrected chi connectivity index (χ4v) is 2.36. The largest absolute Gasteiger partial charge is 0.456 e. The van der Waals surface area contributed by atoms with Gasteiger partial charge in [-0.15, -0.1) is 0 Å². The molecule has 0 unspecified atom stereocenters. The summed E-state index contributed by atoms with van der Waals surface area (Å²) in [4.78, 5) is 22.2. The van der Waals surface area contributed by atoms with Crippen molar-refractivity contribution in [1.82, 2.24) is 5.43 Å². The third-order valence-electron chi connectivity index (χ3n) is 3.38. The molecule has 1 N–H and O–H groups in total. The summed E-state index contributed by atoms with van der Waals surface area (Å²) in [6.45, 7) is 1.73. The second-order valence-corrected chi connectivity index (χ2v) is 5.64. The highest BCUT2D eigenvalue weighted by Gasteiger charge is 2.14. The molecule has 2 heterocycles. The van der Waals surface area contributed by atoms with Crippen LogP contribution in [-0.2, 0) is 0 Å². The van der Waals surface area contributed by atoms with Crippen molar-refractivity contribution in [2.75, 3.05) is 0 Å². The van der Waals surface area contributed by atoms with Crippen molar-refractivity contribution in [3.8, 4) is 11.3 Å². The van der Waals surface area contributed by atoms with E-state index in [9.17, 15) is 14.9 Å². The van der Waals surface area contributed by atoms with Crippen LogP contribution < -0.4 is 5.43 Å². The number of furan rings is 2. The molecule has 26 heavy (non-hydrogen) atoms. The van der Waals surface area contributed by atoms with Gasteiger partial charge in [0, 0.05) is 17.7 Å². The third kappa shape index (κ3) is 3.81. The molecule has 1 aromatic carbocycles. The fourth-order valence-electron chi connectivity index (χ4n) is 2.15. The number of benzene rings is 1. The summed E-state index contributed by atoms with van der Waals surface area (Å²) in [5, 5.41) is 15.0. The Kier molecular flexibility index (Phi) is 4.85. The maximum Gasteiger partial charge on any atom is 0.307 e. The molecule has 0 spiro atoms. The predicted octanol–water partition coefficient (Wildman–Crippen LogP) is 4.17. The van der Waals surface area contributed by atoms with Crippen molar-refractivity contribution in [3.63, 3.8) is 0 Å². The van der Waals surface area contributed by atoms with E-state index < -0.39 is 10.8 Å². The highest BCUT2D eigenvalue weighted by Crippen LogP contribution is 2.32. The van der Waals surface area contributed by atoms with Crippen molar-refractivity contribution in [2.45, 2.75) is 6.92 Å². The average Bonchev–Trinajstić information content (AvgIpc) is 3.24. The first-order chi connectivity index (χ1) is 12.4. The van der Waals surface area contributed by atoms with E-state index in [1.165, 1.54) is 30.5 Å². The van der Waals surface area contributed by atoms with Crippen LogP contribution in [-0.4, -0.2) is 17.0 Å². The summed E-state index contributed by atoms with van der Waals surface area (Å²) >= 11 is 6.08. The second-order valence-electron chi connectivity index (χ2n) is 5.23. The molecule has 2 aromatic heterocycles. The summed E-state index contributed by atoms with van der Waals surface area (Å²) < 4.78 is 10.7. The van der Waals surface area contributed by atoms with E-state index in [0.717, 1.165) is 0 Å². The zero-order chi connectivity index (χ0) is 18.7. The van der Waals surface area contributed by atoms with Crippen LogP contribution in [0.3, 0.4) is 0 Å². The molecule has 0 atom stereocenters. The summed E-state index contributed by atoms with van der Waals surface area (Å²) in [6, 6.07) is 10.5. The molecule has 0 radical (unpaired) electrons. The Hall–Kier alpha value is -3.39.